The Bertz CT molecular complexity index is 473. The summed E-state index contributed by atoms with van der Waals surface area (Å²) in [6.45, 7) is 4.86. The van der Waals surface area contributed by atoms with E-state index >= 15 is 0 Å². The summed E-state index contributed by atoms with van der Waals surface area (Å²) in [6.07, 6.45) is 5.17. The third kappa shape index (κ3) is 2.17. The fourth-order valence-corrected chi connectivity index (χ4v) is 1.28. The van der Waals surface area contributed by atoms with Crippen LogP contribution < -0.4 is 5.32 Å². The zero-order chi connectivity index (χ0) is 11.4. The lowest BCUT2D eigenvalue weighted by atomic mass is 10.4. The molecule has 16 heavy (non-hydrogen) atoms. The first-order valence-corrected chi connectivity index (χ1v) is 4.92. The first kappa shape index (κ1) is 10.6. The summed E-state index contributed by atoms with van der Waals surface area (Å²) in [5.74, 6) is 1.11. The molecular weight excluding hydrogens is 206 g/mol. The van der Waals surface area contributed by atoms with E-state index in [1.165, 1.54) is 0 Å². The SMILES string of the molecule is C=CCNCc1nc(-c2cncn2C)no1. The molecule has 2 aromatic rings. The number of hydrogen-bond donors (Lipinski definition) is 1. The van der Waals surface area contributed by atoms with Gasteiger partial charge in [-0.25, -0.2) is 4.98 Å². The molecule has 0 atom stereocenters. The lowest BCUT2D eigenvalue weighted by Crippen LogP contribution is -2.12. The van der Waals surface area contributed by atoms with Crippen LogP contribution in [0.15, 0.2) is 29.7 Å². The van der Waals surface area contributed by atoms with Crippen molar-refractivity contribution in [2.75, 3.05) is 6.54 Å². The highest BCUT2D eigenvalue weighted by molar-refractivity contribution is 5.46. The third-order valence-electron chi connectivity index (χ3n) is 2.08. The van der Waals surface area contributed by atoms with Crippen LogP contribution >= 0.6 is 0 Å². The van der Waals surface area contributed by atoms with Crippen molar-refractivity contribution in [2.45, 2.75) is 6.54 Å². The molecule has 0 radical (unpaired) electrons. The van der Waals surface area contributed by atoms with Gasteiger partial charge in [0.25, 0.3) is 0 Å². The minimum atomic E-state index is 0.539. The molecule has 0 bridgehead atoms. The van der Waals surface area contributed by atoms with E-state index in [0.29, 0.717) is 24.8 Å². The number of hydrogen-bond acceptors (Lipinski definition) is 5. The second kappa shape index (κ2) is 4.71. The van der Waals surface area contributed by atoms with Gasteiger partial charge in [0.2, 0.25) is 11.7 Å². The largest absolute Gasteiger partial charge is 0.337 e. The summed E-state index contributed by atoms with van der Waals surface area (Å²) in [6, 6.07) is 0. The van der Waals surface area contributed by atoms with Crippen molar-refractivity contribution in [3.8, 4) is 11.5 Å². The molecule has 0 aliphatic carbocycles. The summed E-state index contributed by atoms with van der Waals surface area (Å²) in [5, 5.41) is 6.97. The molecule has 2 aromatic heterocycles. The van der Waals surface area contributed by atoms with Gasteiger partial charge in [0.05, 0.1) is 19.1 Å². The minimum absolute atomic E-state index is 0.539. The van der Waals surface area contributed by atoms with Crippen molar-refractivity contribution in [3.63, 3.8) is 0 Å². The van der Waals surface area contributed by atoms with E-state index < -0.39 is 0 Å². The van der Waals surface area contributed by atoms with Crippen molar-refractivity contribution in [2.24, 2.45) is 7.05 Å². The Morgan fingerprint density at radius 2 is 2.50 bits per heavy atom. The highest BCUT2D eigenvalue weighted by atomic mass is 16.5. The van der Waals surface area contributed by atoms with Gasteiger partial charge in [-0.2, -0.15) is 4.98 Å². The van der Waals surface area contributed by atoms with E-state index in [4.69, 9.17) is 4.52 Å². The van der Waals surface area contributed by atoms with Crippen LogP contribution in [-0.4, -0.2) is 26.2 Å². The lowest BCUT2D eigenvalue weighted by molar-refractivity contribution is 0.370. The van der Waals surface area contributed by atoms with Gasteiger partial charge >= 0.3 is 0 Å². The van der Waals surface area contributed by atoms with Gasteiger partial charge in [-0.3, -0.25) is 0 Å². The molecule has 6 nitrogen and oxygen atoms in total. The molecule has 0 saturated heterocycles. The van der Waals surface area contributed by atoms with Crippen molar-refractivity contribution < 1.29 is 4.52 Å². The van der Waals surface area contributed by atoms with Crippen molar-refractivity contribution in [1.82, 2.24) is 25.0 Å². The van der Waals surface area contributed by atoms with E-state index in [-0.39, 0.29) is 0 Å². The molecule has 2 rings (SSSR count). The minimum Gasteiger partial charge on any atom is -0.337 e. The first-order valence-electron chi connectivity index (χ1n) is 4.92. The predicted octanol–water partition coefficient (Wildman–Crippen LogP) is 0.746. The molecule has 0 unspecified atom stereocenters. The zero-order valence-electron chi connectivity index (χ0n) is 9.05. The van der Waals surface area contributed by atoms with Gasteiger partial charge in [-0.1, -0.05) is 11.2 Å². The number of aromatic nitrogens is 4. The average Bonchev–Trinajstić information content (AvgIpc) is 2.87. The molecule has 1 N–H and O–H groups in total. The fraction of sp³-hybridized carbons (Fsp3) is 0.300. The Morgan fingerprint density at radius 3 is 3.19 bits per heavy atom. The van der Waals surface area contributed by atoms with Crippen molar-refractivity contribution in [3.05, 3.63) is 31.1 Å². The summed E-state index contributed by atoms with van der Waals surface area (Å²) in [4.78, 5) is 8.25. The molecule has 6 heteroatoms. The van der Waals surface area contributed by atoms with Gasteiger partial charge in [0.1, 0.15) is 5.69 Å². The first-order chi connectivity index (χ1) is 7.81. The summed E-state index contributed by atoms with van der Waals surface area (Å²) in [7, 11) is 1.88. The van der Waals surface area contributed by atoms with Crippen LogP contribution in [0, 0.1) is 0 Å². The molecule has 0 amide bonds. The monoisotopic (exact) mass is 219 g/mol. The molecule has 0 aromatic carbocycles. The number of rotatable bonds is 5. The molecule has 0 saturated carbocycles. The van der Waals surface area contributed by atoms with Crippen LogP contribution in [0.25, 0.3) is 11.5 Å². The summed E-state index contributed by atoms with van der Waals surface area (Å²) >= 11 is 0. The molecule has 84 valence electrons. The van der Waals surface area contributed by atoms with E-state index in [1.54, 1.807) is 18.6 Å². The highest BCUT2D eigenvalue weighted by Gasteiger charge is 2.10. The second-order valence-electron chi connectivity index (χ2n) is 3.32. The van der Waals surface area contributed by atoms with Crippen LogP contribution in [-0.2, 0) is 13.6 Å². The van der Waals surface area contributed by atoms with Gasteiger partial charge in [-0.15, -0.1) is 6.58 Å². The number of nitrogens with zero attached hydrogens (tertiary/aromatic N) is 4. The quantitative estimate of drug-likeness (QED) is 0.593. The maximum Gasteiger partial charge on any atom is 0.240 e. The molecule has 2 heterocycles. The maximum absolute atomic E-state index is 5.09. The van der Waals surface area contributed by atoms with Crippen LogP contribution in [0.1, 0.15) is 5.89 Å². The number of imidazole rings is 1. The Kier molecular flexibility index (Phi) is 3.11. The Labute approximate surface area is 93.0 Å². The van der Waals surface area contributed by atoms with E-state index in [0.717, 1.165) is 5.69 Å². The maximum atomic E-state index is 5.09. The van der Waals surface area contributed by atoms with E-state index in [2.05, 4.69) is 27.0 Å². The smallest absolute Gasteiger partial charge is 0.240 e. The summed E-state index contributed by atoms with van der Waals surface area (Å²) in [5.41, 5.74) is 0.832. The molecular formula is C10H13N5O. The number of aryl methyl sites for hydroxylation is 1. The normalized spacial score (nSPS) is 10.6. The third-order valence-corrected chi connectivity index (χ3v) is 2.08. The lowest BCUT2D eigenvalue weighted by Gasteiger charge is -1.94. The Hall–Kier alpha value is -1.95. The molecule has 0 aliphatic heterocycles. The fourth-order valence-electron chi connectivity index (χ4n) is 1.28. The van der Waals surface area contributed by atoms with Crippen LogP contribution in [0.3, 0.4) is 0 Å². The van der Waals surface area contributed by atoms with E-state index in [1.807, 2.05) is 11.6 Å². The van der Waals surface area contributed by atoms with Gasteiger partial charge in [-0.05, 0) is 0 Å². The van der Waals surface area contributed by atoms with Gasteiger partial charge in [0, 0.05) is 13.6 Å². The zero-order valence-corrected chi connectivity index (χ0v) is 9.05. The molecule has 0 spiro atoms. The van der Waals surface area contributed by atoms with Gasteiger partial charge in [0.15, 0.2) is 0 Å². The number of nitrogens with one attached hydrogen (secondary N) is 1. The molecule has 0 fully saturated rings. The molecule has 0 aliphatic rings. The van der Waals surface area contributed by atoms with E-state index in [9.17, 15) is 0 Å². The van der Waals surface area contributed by atoms with Crippen molar-refractivity contribution >= 4 is 0 Å². The second-order valence-corrected chi connectivity index (χ2v) is 3.32. The predicted molar refractivity (Wildman–Crippen MR) is 58.4 cm³/mol. The Balaban J connectivity index is 2.08. The topological polar surface area (TPSA) is 68.8 Å². The Morgan fingerprint density at radius 1 is 1.62 bits per heavy atom. The average molecular weight is 219 g/mol. The van der Waals surface area contributed by atoms with Crippen LogP contribution in [0.4, 0.5) is 0 Å². The van der Waals surface area contributed by atoms with Gasteiger partial charge < -0.3 is 14.4 Å². The summed E-state index contributed by atoms with van der Waals surface area (Å²) < 4.78 is 6.93. The van der Waals surface area contributed by atoms with Crippen LogP contribution in [0.2, 0.25) is 0 Å². The van der Waals surface area contributed by atoms with Crippen LogP contribution in [0.5, 0.6) is 0 Å². The standard InChI is InChI=1S/C10H13N5O/c1-3-4-11-6-9-13-10(14-16-9)8-5-12-7-15(8)2/h3,5,7,11H,1,4,6H2,2H3. The highest BCUT2D eigenvalue weighted by Crippen LogP contribution is 2.13. The van der Waals surface area contributed by atoms with Crippen molar-refractivity contribution in [1.29, 1.82) is 0 Å².